The van der Waals surface area contributed by atoms with Crippen LogP contribution in [0.3, 0.4) is 0 Å². The molecule has 0 fully saturated rings. The topological polar surface area (TPSA) is 114 Å². The molecule has 2 aromatic heterocycles. The Bertz CT molecular complexity index is 1200. The second-order valence-corrected chi connectivity index (χ2v) is 9.30. The van der Waals surface area contributed by atoms with Crippen molar-refractivity contribution >= 4 is 27.3 Å². The van der Waals surface area contributed by atoms with Crippen LogP contribution in [0.2, 0.25) is 0 Å². The highest BCUT2D eigenvalue weighted by Crippen LogP contribution is 2.15. The molecule has 2 N–H and O–H groups in total. The monoisotopic (exact) mass is 453 g/mol. The average Bonchev–Trinajstić information content (AvgIpc) is 3.12. The lowest BCUT2D eigenvalue weighted by Gasteiger charge is -2.09. The number of amides is 1. The zero-order valence-corrected chi connectivity index (χ0v) is 17.6. The molecule has 0 saturated carbocycles. The third-order valence-corrected chi connectivity index (χ3v) is 6.32. The summed E-state index contributed by atoms with van der Waals surface area (Å²) in [5, 5.41) is 3.61. The summed E-state index contributed by atoms with van der Waals surface area (Å²) in [5.41, 5.74) is 0.723. The van der Waals surface area contributed by atoms with E-state index in [1.165, 1.54) is 17.5 Å². The van der Waals surface area contributed by atoms with Crippen molar-refractivity contribution in [3.8, 4) is 0 Å². The van der Waals surface area contributed by atoms with Gasteiger partial charge in [0, 0.05) is 11.1 Å². The number of thiazole rings is 1. The Morgan fingerprint density at radius 2 is 1.87 bits per heavy atom. The molecule has 2 heterocycles. The maximum absolute atomic E-state index is 13.3. The lowest BCUT2D eigenvalue weighted by atomic mass is 10.3. The van der Waals surface area contributed by atoms with E-state index in [4.69, 9.17) is 0 Å². The molecule has 3 aromatic rings. The molecular weight excluding hydrogens is 436 g/mol. The fourth-order valence-corrected chi connectivity index (χ4v) is 4.16. The summed E-state index contributed by atoms with van der Waals surface area (Å²) >= 11 is 1.47. The molecule has 0 atom stereocenters. The van der Waals surface area contributed by atoms with Crippen LogP contribution in [0, 0.1) is 25.5 Å². The maximum Gasteiger partial charge on any atom is 0.271 e. The Balaban J connectivity index is 1.64. The third-order valence-electron chi connectivity index (χ3n) is 4.00. The summed E-state index contributed by atoms with van der Waals surface area (Å²) in [4.78, 5) is 25.1. The Morgan fingerprint density at radius 1 is 1.10 bits per heavy atom. The van der Waals surface area contributed by atoms with E-state index < -0.39 is 32.5 Å². The number of nitrogens with zero attached hydrogens (tertiary/aromatic N) is 3. The zero-order valence-electron chi connectivity index (χ0n) is 15.9. The number of hydrogen-bond acceptors (Lipinski definition) is 7. The molecule has 0 spiro atoms. The van der Waals surface area contributed by atoms with Crippen molar-refractivity contribution in [3.05, 3.63) is 69.2 Å². The maximum atomic E-state index is 13.3. The first-order valence-corrected chi connectivity index (χ1v) is 10.9. The lowest BCUT2D eigenvalue weighted by molar-refractivity contribution is 0.0945. The minimum atomic E-state index is -4.09. The SMILES string of the molecule is Cc1ncc(CNC(=O)c2cnc(CNS(=O)(=O)c3ccc(F)c(F)c3)c(C)n2)s1. The van der Waals surface area contributed by atoms with Crippen molar-refractivity contribution in [3.63, 3.8) is 0 Å². The minimum Gasteiger partial charge on any atom is -0.346 e. The molecule has 0 bridgehead atoms. The number of rotatable bonds is 7. The Morgan fingerprint density at radius 3 is 2.50 bits per heavy atom. The highest BCUT2D eigenvalue weighted by Gasteiger charge is 2.18. The van der Waals surface area contributed by atoms with E-state index in [0.717, 1.165) is 22.0 Å². The summed E-state index contributed by atoms with van der Waals surface area (Å²) < 4.78 is 53.1. The molecule has 3 rings (SSSR count). The Labute approximate surface area is 175 Å². The highest BCUT2D eigenvalue weighted by atomic mass is 32.2. The van der Waals surface area contributed by atoms with Crippen molar-refractivity contribution in [2.75, 3.05) is 0 Å². The van der Waals surface area contributed by atoms with Gasteiger partial charge in [0.05, 0.1) is 40.6 Å². The quantitative estimate of drug-likeness (QED) is 0.567. The molecule has 0 saturated heterocycles. The molecule has 0 aliphatic rings. The van der Waals surface area contributed by atoms with Gasteiger partial charge in [0.1, 0.15) is 5.69 Å². The largest absolute Gasteiger partial charge is 0.346 e. The van der Waals surface area contributed by atoms with E-state index in [1.807, 2.05) is 6.92 Å². The van der Waals surface area contributed by atoms with Crippen LogP contribution in [0.5, 0.6) is 0 Å². The van der Waals surface area contributed by atoms with E-state index in [1.54, 1.807) is 13.1 Å². The van der Waals surface area contributed by atoms with Crippen molar-refractivity contribution in [2.45, 2.75) is 31.8 Å². The minimum absolute atomic E-state index is 0.0842. The first kappa shape index (κ1) is 21.9. The van der Waals surface area contributed by atoms with Gasteiger partial charge in [-0.2, -0.15) is 0 Å². The van der Waals surface area contributed by atoms with Gasteiger partial charge in [-0.25, -0.2) is 31.9 Å². The van der Waals surface area contributed by atoms with E-state index in [-0.39, 0.29) is 17.9 Å². The van der Waals surface area contributed by atoms with Gasteiger partial charge in [-0.15, -0.1) is 11.3 Å². The molecule has 0 unspecified atom stereocenters. The number of hydrogen-bond donors (Lipinski definition) is 2. The number of aryl methyl sites for hydroxylation is 2. The summed E-state index contributed by atoms with van der Waals surface area (Å²) in [6, 6.07) is 2.28. The molecule has 0 radical (unpaired) electrons. The van der Waals surface area contributed by atoms with Gasteiger partial charge in [-0.1, -0.05) is 0 Å². The van der Waals surface area contributed by atoms with Gasteiger partial charge in [0.2, 0.25) is 10.0 Å². The fourth-order valence-electron chi connectivity index (χ4n) is 2.43. The van der Waals surface area contributed by atoms with Gasteiger partial charge in [-0.3, -0.25) is 9.78 Å². The number of nitrogens with one attached hydrogen (secondary N) is 2. The van der Waals surface area contributed by atoms with E-state index in [2.05, 4.69) is 25.0 Å². The van der Waals surface area contributed by atoms with Crippen molar-refractivity contribution < 1.29 is 22.0 Å². The molecule has 158 valence electrons. The predicted molar refractivity (Wildman–Crippen MR) is 105 cm³/mol. The summed E-state index contributed by atoms with van der Waals surface area (Å²) in [5.74, 6) is -2.83. The molecule has 1 aromatic carbocycles. The molecule has 8 nitrogen and oxygen atoms in total. The van der Waals surface area contributed by atoms with Gasteiger partial charge in [-0.05, 0) is 32.0 Å². The van der Waals surface area contributed by atoms with Crippen LogP contribution in [0.15, 0.2) is 35.5 Å². The van der Waals surface area contributed by atoms with Crippen LogP contribution in [-0.4, -0.2) is 29.3 Å². The molecule has 0 aliphatic carbocycles. The Kier molecular flexibility index (Phi) is 6.48. The van der Waals surface area contributed by atoms with Crippen LogP contribution in [-0.2, 0) is 23.1 Å². The zero-order chi connectivity index (χ0) is 21.9. The molecule has 30 heavy (non-hydrogen) atoms. The second kappa shape index (κ2) is 8.90. The van der Waals surface area contributed by atoms with Gasteiger partial charge < -0.3 is 5.32 Å². The van der Waals surface area contributed by atoms with Crippen LogP contribution in [0.1, 0.15) is 31.8 Å². The molecule has 1 amide bonds. The van der Waals surface area contributed by atoms with Crippen LogP contribution in [0.25, 0.3) is 0 Å². The summed E-state index contributed by atoms with van der Waals surface area (Å²) in [7, 11) is -4.09. The molecular formula is C18H17F2N5O3S2. The standard InChI is InChI=1S/C18H17F2N5O3S2/c1-10-16(9-24-30(27,28)13-3-4-14(19)15(20)5-13)22-8-17(25-10)18(26)23-7-12-6-21-11(2)29-12/h3-6,8,24H,7,9H2,1-2H3,(H,23,26). The number of benzene rings is 1. The number of sulfonamides is 1. The van der Waals surface area contributed by atoms with Gasteiger partial charge >= 0.3 is 0 Å². The van der Waals surface area contributed by atoms with E-state index in [0.29, 0.717) is 18.3 Å². The van der Waals surface area contributed by atoms with Crippen molar-refractivity contribution in [2.24, 2.45) is 0 Å². The number of halogens is 2. The molecule has 0 aliphatic heterocycles. The first-order valence-electron chi connectivity index (χ1n) is 8.62. The first-order chi connectivity index (χ1) is 14.2. The Hall–Kier alpha value is -2.83. The van der Waals surface area contributed by atoms with Crippen LogP contribution < -0.4 is 10.0 Å². The number of carbonyl (C=O) groups excluding carboxylic acids is 1. The summed E-state index contributed by atoms with van der Waals surface area (Å²) in [6.07, 6.45) is 2.92. The normalized spacial score (nSPS) is 11.5. The number of aromatic nitrogens is 3. The van der Waals surface area contributed by atoms with Gasteiger partial charge in [0.25, 0.3) is 5.91 Å². The lowest BCUT2D eigenvalue weighted by Crippen LogP contribution is -2.26. The van der Waals surface area contributed by atoms with Crippen molar-refractivity contribution in [1.82, 2.24) is 25.0 Å². The second-order valence-electron chi connectivity index (χ2n) is 6.22. The number of carbonyl (C=O) groups is 1. The van der Waals surface area contributed by atoms with Crippen LogP contribution in [0.4, 0.5) is 8.78 Å². The van der Waals surface area contributed by atoms with E-state index >= 15 is 0 Å². The van der Waals surface area contributed by atoms with Crippen molar-refractivity contribution in [1.29, 1.82) is 0 Å². The third kappa shape index (κ3) is 5.20. The predicted octanol–water partition coefficient (Wildman–Crippen LogP) is 2.24. The summed E-state index contributed by atoms with van der Waals surface area (Å²) in [6.45, 7) is 3.52. The molecule has 12 heteroatoms. The van der Waals surface area contributed by atoms with Gasteiger partial charge in [0.15, 0.2) is 11.6 Å². The van der Waals surface area contributed by atoms with E-state index in [9.17, 15) is 22.0 Å². The highest BCUT2D eigenvalue weighted by molar-refractivity contribution is 7.89. The smallest absolute Gasteiger partial charge is 0.271 e. The fraction of sp³-hybridized carbons (Fsp3) is 0.222. The van der Waals surface area contributed by atoms with Crippen LogP contribution >= 0.6 is 11.3 Å². The average molecular weight is 453 g/mol.